The van der Waals surface area contributed by atoms with Crippen LogP contribution in [-0.4, -0.2) is 42.1 Å². The molecule has 2 N–H and O–H groups in total. The fraction of sp³-hybridized carbons (Fsp3) is 0.412. The molecule has 0 atom stereocenters. The molecule has 0 saturated carbocycles. The molecule has 0 fully saturated rings. The molecule has 1 aromatic heterocycles. The fourth-order valence-electron chi connectivity index (χ4n) is 2.21. The Kier molecular flexibility index (Phi) is 6.36. The minimum atomic E-state index is 0.668. The summed E-state index contributed by atoms with van der Waals surface area (Å²) in [5, 5.41) is 6.66. The van der Waals surface area contributed by atoms with Gasteiger partial charge in [0.25, 0.3) is 0 Å². The topological polar surface area (TPSA) is 53.1 Å². The van der Waals surface area contributed by atoms with Crippen molar-refractivity contribution in [2.24, 2.45) is 0 Å². The Morgan fingerprint density at radius 3 is 2.61 bits per heavy atom. The van der Waals surface area contributed by atoms with Crippen molar-refractivity contribution >= 4 is 33.4 Å². The van der Waals surface area contributed by atoms with Crippen LogP contribution < -0.4 is 10.6 Å². The van der Waals surface area contributed by atoms with E-state index in [0.29, 0.717) is 5.95 Å². The van der Waals surface area contributed by atoms with E-state index in [2.05, 4.69) is 68.5 Å². The summed E-state index contributed by atoms with van der Waals surface area (Å²) in [4.78, 5) is 11.2. The molecule has 0 aliphatic rings. The molecule has 1 heterocycles. The Morgan fingerprint density at radius 1 is 1.13 bits per heavy atom. The number of aryl methyl sites for hydroxylation is 2. The highest BCUT2D eigenvalue weighted by molar-refractivity contribution is 9.10. The molecule has 2 aromatic rings. The summed E-state index contributed by atoms with van der Waals surface area (Å²) in [6, 6.07) is 8.09. The Morgan fingerprint density at radius 2 is 1.91 bits per heavy atom. The number of halogens is 1. The number of nitrogens with zero attached hydrogens (tertiary/aromatic N) is 3. The first kappa shape index (κ1) is 17.7. The molecule has 0 radical (unpaired) electrons. The summed E-state index contributed by atoms with van der Waals surface area (Å²) in [7, 11) is 4.15. The maximum Gasteiger partial charge on any atom is 0.224 e. The molecule has 0 unspecified atom stereocenters. The van der Waals surface area contributed by atoms with Crippen LogP contribution in [0.4, 0.5) is 17.5 Å². The van der Waals surface area contributed by atoms with E-state index < -0.39 is 0 Å². The van der Waals surface area contributed by atoms with E-state index in [0.717, 1.165) is 46.7 Å². The van der Waals surface area contributed by atoms with E-state index in [-0.39, 0.29) is 0 Å². The Hall–Kier alpha value is -1.66. The summed E-state index contributed by atoms with van der Waals surface area (Å²) in [5.41, 5.74) is 3.15. The van der Waals surface area contributed by atoms with Crippen molar-refractivity contribution in [2.75, 3.05) is 37.8 Å². The van der Waals surface area contributed by atoms with Crippen LogP contribution in [0.15, 0.2) is 28.7 Å². The second-order valence-corrected chi connectivity index (χ2v) is 6.80. The number of rotatable bonds is 7. The van der Waals surface area contributed by atoms with E-state index in [1.807, 2.05) is 25.1 Å². The zero-order valence-corrected chi connectivity index (χ0v) is 15.7. The van der Waals surface area contributed by atoms with Crippen LogP contribution in [0.25, 0.3) is 0 Å². The van der Waals surface area contributed by atoms with Crippen molar-refractivity contribution in [3.63, 3.8) is 0 Å². The average molecular weight is 378 g/mol. The third kappa shape index (κ3) is 5.80. The third-order valence-electron chi connectivity index (χ3n) is 3.37. The highest BCUT2D eigenvalue weighted by Crippen LogP contribution is 2.23. The van der Waals surface area contributed by atoms with Crippen molar-refractivity contribution in [3.8, 4) is 0 Å². The molecule has 0 aliphatic carbocycles. The van der Waals surface area contributed by atoms with E-state index in [1.165, 1.54) is 0 Å². The highest BCUT2D eigenvalue weighted by Gasteiger charge is 2.05. The van der Waals surface area contributed by atoms with Gasteiger partial charge in [-0.25, -0.2) is 4.98 Å². The van der Waals surface area contributed by atoms with Gasteiger partial charge in [0.05, 0.1) is 0 Å². The maximum absolute atomic E-state index is 4.55. The lowest BCUT2D eigenvalue weighted by molar-refractivity contribution is 0.405. The van der Waals surface area contributed by atoms with E-state index in [9.17, 15) is 0 Å². The van der Waals surface area contributed by atoms with Gasteiger partial charge in [0.1, 0.15) is 5.82 Å². The first-order valence-electron chi connectivity index (χ1n) is 7.71. The molecule has 2 rings (SSSR count). The molecule has 0 amide bonds. The second-order valence-electron chi connectivity index (χ2n) is 5.89. The number of aromatic nitrogens is 2. The molecule has 0 spiro atoms. The molecule has 5 nitrogen and oxygen atoms in total. The van der Waals surface area contributed by atoms with Gasteiger partial charge in [0.2, 0.25) is 5.95 Å². The quantitative estimate of drug-likeness (QED) is 0.715. The van der Waals surface area contributed by atoms with Crippen molar-refractivity contribution in [1.82, 2.24) is 14.9 Å². The molecular weight excluding hydrogens is 354 g/mol. The Balaban J connectivity index is 2.04. The number of nitrogens with one attached hydrogen (secondary N) is 2. The standard InChI is InChI=1S/C17H24BrN5/c1-12-10-14(18)6-7-15(12)21-16-11-13(2)20-17(22-16)19-8-5-9-23(3)4/h6-7,10-11H,5,8-9H2,1-4H3,(H2,19,20,21,22). The van der Waals surface area contributed by atoms with E-state index in [1.54, 1.807) is 0 Å². The molecule has 0 bridgehead atoms. The largest absolute Gasteiger partial charge is 0.354 e. The van der Waals surface area contributed by atoms with Crippen LogP contribution in [0.5, 0.6) is 0 Å². The van der Waals surface area contributed by atoms with Crippen LogP contribution in [0.1, 0.15) is 17.7 Å². The third-order valence-corrected chi connectivity index (χ3v) is 3.86. The molecule has 23 heavy (non-hydrogen) atoms. The van der Waals surface area contributed by atoms with Crippen LogP contribution in [0.3, 0.4) is 0 Å². The predicted octanol–water partition coefficient (Wildman–Crippen LogP) is 3.96. The molecule has 124 valence electrons. The minimum absolute atomic E-state index is 0.668. The lowest BCUT2D eigenvalue weighted by atomic mass is 10.2. The SMILES string of the molecule is Cc1cc(Nc2ccc(Br)cc2C)nc(NCCCN(C)C)n1. The average Bonchev–Trinajstić information content (AvgIpc) is 2.46. The second kappa shape index (κ2) is 8.26. The summed E-state index contributed by atoms with van der Waals surface area (Å²) < 4.78 is 1.07. The first-order valence-corrected chi connectivity index (χ1v) is 8.51. The van der Waals surface area contributed by atoms with Gasteiger partial charge in [-0.2, -0.15) is 4.98 Å². The number of anilines is 3. The normalized spacial score (nSPS) is 10.9. The lowest BCUT2D eigenvalue weighted by Crippen LogP contribution is -2.17. The van der Waals surface area contributed by atoms with E-state index >= 15 is 0 Å². The summed E-state index contributed by atoms with van der Waals surface area (Å²) in [6.45, 7) is 5.95. The molecule has 0 saturated heterocycles. The highest BCUT2D eigenvalue weighted by atomic mass is 79.9. The summed E-state index contributed by atoms with van der Waals surface area (Å²) >= 11 is 3.48. The summed E-state index contributed by atoms with van der Waals surface area (Å²) in [5.74, 6) is 1.47. The number of benzene rings is 1. The van der Waals surface area contributed by atoms with Gasteiger partial charge in [-0.3, -0.25) is 0 Å². The maximum atomic E-state index is 4.55. The van der Waals surface area contributed by atoms with Crippen LogP contribution in [0, 0.1) is 13.8 Å². The first-order chi connectivity index (χ1) is 10.9. The number of hydrogen-bond donors (Lipinski definition) is 2. The van der Waals surface area contributed by atoms with Crippen molar-refractivity contribution in [2.45, 2.75) is 20.3 Å². The van der Waals surface area contributed by atoms with Gasteiger partial charge in [-0.05, 0) is 64.7 Å². The van der Waals surface area contributed by atoms with Gasteiger partial charge < -0.3 is 15.5 Å². The van der Waals surface area contributed by atoms with Gasteiger partial charge in [-0.1, -0.05) is 15.9 Å². The lowest BCUT2D eigenvalue weighted by Gasteiger charge is -2.13. The van der Waals surface area contributed by atoms with Crippen LogP contribution in [-0.2, 0) is 0 Å². The van der Waals surface area contributed by atoms with Crippen LogP contribution >= 0.6 is 15.9 Å². The fourth-order valence-corrected chi connectivity index (χ4v) is 2.69. The smallest absolute Gasteiger partial charge is 0.224 e. The van der Waals surface area contributed by atoms with Gasteiger partial charge in [0, 0.05) is 28.5 Å². The Labute approximate surface area is 146 Å². The molecule has 6 heteroatoms. The summed E-state index contributed by atoms with van der Waals surface area (Å²) in [6.07, 6.45) is 1.05. The zero-order valence-electron chi connectivity index (χ0n) is 14.2. The monoisotopic (exact) mass is 377 g/mol. The van der Waals surface area contributed by atoms with Gasteiger partial charge in [-0.15, -0.1) is 0 Å². The molecule has 0 aliphatic heterocycles. The van der Waals surface area contributed by atoms with Gasteiger partial charge >= 0.3 is 0 Å². The zero-order chi connectivity index (χ0) is 16.8. The molecule has 1 aromatic carbocycles. The van der Waals surface area contributed by atoms with Crippen molar-refractivity contribution < 1.29 is 0 Å². The minimum Gasteiger partial charge on any atom is -0.354 e. The Bertz CT molecular complexity index is 657. The van der Waals surface area contributed by atoms with Gasteiger partial charge in [0.15, 0.2) is 0 Å². The van der Waals surface area contributed by atoms with Crippen molar-refractivity contribution in [3.05, 3.63) is 40.0 Å². The predicted molar refractivity (Wildman–Crippen MR) is 101 cm³/mol. The number of hydrogen-bond acceptors (Lipinski definition) is 5. The van der Waals surface area contributed by atoms with Crippen molar-refractivity contribution in [1.29, 1.82) is 0 Å². The van der Waals surface area contributed by atoms with Crippen LogP contribution in [0.2, 0.25) is 0 Å². The molecular formula is C17H24BrN5. The van der Waals surface area contributed by atoms with E-state index in [4.69, 9.17) is 0 Å².